The third kappa shape index (κ3) is 3.76. The predicted molar refractivity (Wildman–Crippen MR) is 103 cm³/mol. The fraction of sp³-hybridized carbons (Fsp3) is 0.211. The van der Waals surface area contributed by atoms with Crippen molar-refractivity contribution >= 4 is 29.3 Å². The van der Waals surface area contributed by atoms with Gasteiger partial charge in [-0.2, -0.15) is 0 Å². The van der Waals surface area contributed by atoms with Crippen molar-refractivity contribution in [2.45, 2.75) is 18.5 Å². The lowest BCUT2D eigenvalue weighted by Gasteiger charge is -2.22. The van der Waals surface area contributed by atoms with Crippen LogP contribution in [0, 0.1) is 0 Å². The predicted octanol–water partition coefficient (Wildman–Crippen LogP) is 3.75. The van der Waals surface area contributed by atoms with Gasteiger partial charge in [0.1, 0.15) is 11.1 Å². The second-order valence-corrected chi connectivity index (χ2v) is 7.64. The van der Waals surface area contributed by atoms with Gasteiger partial charge in [-0.25, -0.2) is 4.68 Å². The molecule has 0 bridgehead atoms. The Balaban J connectivity index is 1.50. The van der Waals surface area contributed by atoms with E-state index in [0.717, 1.165) is 16.8 Å². The molecule has 0 radical (unpaired) electrons. The highest BCUT2D eigenvalue weighted by molar-refractivity contribution is 8.00. The topological polar surface area (TPSA) is 51.0 Å². The number of rotatable bonds is 5. The number of hydrogen-bond donors (Lipinski definition) is 0. The van der Waals surface area contributed by atoms with E-state index < -0.39 is 0 Å². The van der Waals surface area contributed by atoms with Crippen molar-refractivity contribution < 1.29 is 4.79 Å². The molecule has 1 saturated heterocycles. The summed E-state index contributed by atoms with van der Waals surface area (Å²) in [5, 5.41) is 9.16. The zero-order chi connectivity index (χ0) is 17.9. The molecule has 2 heterocycles. The van der Waals surface area contributed by atoms with Crippen LogP contribution in [0.1, 0.15) is 22.2 Å². The average Bonchev–Trinajstić information content (AvgIpc) is 3.25. The zero-order valence-corrected chi connectivity index (χ0v) is 15.5. The summed E-state index contributed by atoms with van der Waals surface area (Å²) in [4.78, 5) is 14.2. The van der Waals surface area contributed by atoms with E-state index >= 15 is 0 Å². The van der Waals surface area contributed by atoms with Gasteiger partial charge in [-0.05, 0) is 23.3 Å². The van der Waals surface area contributed by atoms with Crippen molar-refractivity contribution in [2.75, 3.05) is 5.75 Å². The molecule has 3 aromatic rings. The molecule has 1 amide bonds. The molecule has 0 spiro atoms. The lowest BCUT2D eigenvalue weighted by atomic mass is 10.2. The van der Waals surface area contributed by atoms with Gasteiger partial charge >= 0.3 is 0 Å². The monoisotopic (exact) mass is 384 g/mol. The third-order valence-corrected chi connectivity index (χ3v) is 5.71. The van der Waals surface area contributed by atoms with Crippen molar-refractivity contribution in [1.29, 1.82) is 0 Å². The van der Waals surface area contributed by atoms with Gasteiger partial charge in [0.25, 0.3) is 0 Å². The largest absolute Gasteiger partial charge is 0.320 e. The number of benzene rings is 2. The second-order valence-electron chi connectivity index (χ2n) is 6.14. The van der Waals surface area contributed by atoms with E-state index in [9.17, 15) is 4.79 Å². The maximum Gasteiger partial charge on any atom is 0.234 e. The molecule has 1 atom stereocenters. The summed E-state index contributed by atoms with van der Waals surface area (Å²) < 4.78 is 1.79. The normalized spacial score (nSPS) is 17.0. The van der Waals surface area contributed by atoms with E-state index in [4.69, 9.17) is 11.6 Å². The summed E-state index contributed by atoms with van der Waals surface area (Å²) in [6.07, 6.45) is 1.92. The average molecular weight is 385 g/mol. The van der Waals surface area contributed by atoms with Crippen LogP contribution in [0.3, 0.4) is 0 Å². The van der Waals surface area contributed by atoms with E-state index in [0.29, 0.717) is 23.9 Å². The third-order valence-electron chi connectivity index (χ3n) is 4.23. The molecule has 132 valence electrons. The smallest absolute Gasteiger partial charge is 0.234 e. The first-order chi connectivity index (χ1) is 12.7. The quantitative estimate of drug-likeness (QED) is 0.672. The lowest BCUT2D eigenvalue weighted by molar-refractivity contribution is -0.128. The van der Waals surface area contributed by atoms with Gasteiger partial charge in [-0.3, -0.25) is 4.79 Å². The van der Waals surface area contributed by atoms with E-state index in [2.05, 4.69) is 10.3 Å². The van der Waals surface area contributed by atoms with Gasteiger partial charge in [-0.15, -0.1) is 16.9 Å². The van der Waals surface area contributed by atoms with E-state index in [1.807, 2.05) is 65.7 Å². The van der Waals surface area contributed by atoms with Crippen molar-refractivity contribution in [1.82, 2.24) is 19.9 Å². The molecule has 0 N–H and O–H groups in total. The Morgan fingerprint density at radius 2 is 1.77 bits per heavy atom. The first-order valence-corrected chi connectivity index (χ1v) is 9.71. The number of thioether (sulfide) groups is 1. The number of halogens is 1. The Morgan fingerprint density at radius 3 is 2.54 bits per heavy atom. The van der Waals surface area contributed by atoms with Crippen LogP contribution in [0.2, 0.25) is 5.02 Å². The number of carbonyl (C=O) groups is 1. The molecule has 1 aromatic heterocycles. The number of hydrogen-bond acceptors (Lipinski definition) is 4. The molecule has 4 rings (SSSR count). The number of amides is 1. The van der Waals surface area contributed by atoms with Crippen LogP contribution >= 0.6 is 23.4 Å². The van der Waals surface area contributed by atoms with Gasteiger partial charge in [0.15, 0.2) is 0 Å². The van der Waals surface area contributed by atoms with Crippen LogP contribution in [0.25, 0.3) is 0 Å². The second kappa shape index (κ2) is 7.51. The molecule has 7 heteroatoms. The van der Waals surface area contributed by atoms with E-state index in [1.165, 1.54) is 0 Å². The Labute approximate surface area is 161 Å². The summed E-state index contributed by atoms with van der Waals surface area (Å²) in [5.41, 5.74) is 3.02. The van der Waals surface area contributed by atoms with Crippen molar-refractivity contribution in [3.05, 3.63) is 82.6 Å². The Morgan fingerprint density at radius 1 is 1.04 bits per heavy atom. The maximum atomic E-state index is 12.3. The van der Waals surface area contributed by atoms with E-state index in [1.54, 1.807) is 16.4 Å². The lowest BCUT2D eigenvalue weighted by Crippen LogP contribution is -2.27. The van der Waals surface area contributed by atoms with Crippen LogP contribution in [0.4, 0.5) is 0 Å². The van der Waals surface area contributed by atoms with Crippen LogP contribution in [-0.2, 0) is 17.9 Å². The summed E-state index contributed by atoms with van der Waals surface area (Å²) in [6, 6.07) is 17.7. The minimum atomic E-state index is -0.0957. The molecule has 0 aliphatic carbocycles. The summed E-state index contributed by atoms with van der Waals surface area (Å²) in [6.45, 7) is 1.20. The minimum Gasteiger partial charge on any atom is -0.320 e. The summed E-state index contributed by atoms with van der Waals surface area (Å²) in [7, 11) is 0. The summed E-state index contributed by atoms with van der Waals surface area (Å²) >= 11 is 7.52. The first kappa shape index (κ1) is 17.1. The molecular weight excluding hydrogens is 368 g/mol. The van der Waals surface area contributed by atoms with Crippen LogP contribution in [-0.4, -0.2) is 31.6 Å². The molecule has 1 aliphatic rings. The first-order valence-electron chi connectivity index (χ1n) is 8.28. The zero-order valence-electron chi connectivity index (χ0n) is 14.0. The molecule has 0 unspecified atom stereocenters. The van der Waals surface area contributed by atoms with Crippen molar-refractivity contribution in [2.24, 2.45) is 0 Å². The Hall–Kier alpha value is -2.31. The highest BCUT2D eigenvalue weighted by Gasteiger charge is 2.34. The molecular formula is C19H17ClN4OS. The van der Waals surface area contributed by atoms with Crippen LogP contribution in [0.5, 0.6) is 0 Å². The van der Waals surface area contributed by atoms with Crippen molar-refractivity contribution in [3.63, 3.8) is 0 Å². The highest BCUT2D eigenvalue weighted by atomic mass is 35.5. The molecule has 0 saturated carbocycles. The van der Waals surface area contributed by atoms with Gasteiger partial charge in [0, 0.05) is 11.6 Å². The minimum absolute atomic E-state index is 0.0957. The highest BCUT2D eigenvalue weighted by Crippen LogP contribution is 2.38. The molecule has 1 fully saturated rings. The molecule has 2 aromatic carbocycles. The van der Waals surface area contributed by atoms with Crippen molar-refractivity contribution in [3.8, 4) is 0 Å². The number of nitrogens with zero attached hydrogens (tertiary/aromatic N) is 4. The Kier molecular flexibility index (Phi) is 4.95. The van der Waals surface area contributed by atoms with Gasteiger partial charge < -0.3 is 4.90 Å². The number of aromatic nitrogens is 3. The molecule has 26 heavy (non-hydrogen) atoms. The van der Waals surface area contributed by atoms with Crippen LogP contribution in [0.15, 0.2) is 60.8 Å². The number of carbonyl (C=O) groups excluding carboxylic acids is 1. The van der Waals surface area contributed by atoms with Gasteiger partial charge in [-0.1, -0.05) is 59.3 Å². The standard InChI is InChI=1S/C19H17ClN4OS/c20-16-8-6-15(7-9-16)10-23-12-17(21-22-23)19-24(18(25)13-26-19)11-14-4-2-1-3-5-14/h1-9,12,19H,10-11,13H2/t19-/m1/s1. The van der Waals surface area contributed by atoms with E-state index in [-0.39, 0.29) is 11.3 Å². The SMILES string of the molecule is O=C1CS[C@H](c2cn(Cc3ccc(Cl)cc3)nn2)N1Cc1ccccc1. The van der Waals surface area contributed by atoms with Gasteiger partial charge in [0.2, 0.25) is 5.91 Å². The Bertz CT molecular complexity index is 897. The fourth-order valence-corrected chi connectivity index (χ4v) is 4.17. The summed E-state index contributed by atoms with van der Waals surface area (Å²) in [5.74, 6) is 0.609. The van der Waals surface area contributed by atoms with Gasteiger partial charge in [0.05, 0.1) is 18.5 Å². The molecule has 5 nitrogen and oxygen atoms in total. The van der Waals surface area contributed by atoms with Crippen LogP contribution < -0.4 is 0 Å². The fourth-order valence-electron chi connectivity index (χ4n) is 2.93. The molecule has 1 aliphatic heterocycles. The maximum absolute atomic E-state index is 12.3.